The van der Waals surface area contributed by atoms with Crippen LogP contribution in [0.15, 0.2) is 109 Å². The first-order valence-corrected chi connectivity index (χ1v) is 31.6. The fourth-order valence-electron chi connectivity index (χ4n) is 9.62. The summed E-state index contributed by atoms with van der Waals surface area (Å²) >= 11 is 0. The minimum Gasteiger partial charge on any atom is -0.394 e. The van der Waals surface area contributed by atoms with Gasteiger partial charge in [-0.15, -0.1) is 0 Å². The highest BCUT2D eigenvalue weighted by atomic mass is 16.7. The summed E-state index contributed by atoms with van der Waals surface area (Å²) in [6.07, 6.45) is 55.7. The van der Waals surface area contributed by atoms with Crippen LogP contribution in [0, 0.1) is 0 Å². The summed E-state index contributed by atoms with van der Waals surface area (Å²) in [4.78, 5) is 13.3. The Balaban J connectivity index is 1.67. The highest BCUT2D eigenvalue weighted by molar-refractivity contribution is 5.76. The van der Waals surface area contributed by atoms with Gasteiger partial charge in [-0.1, -0.05) is 220 Å². The van der Waals surface area contributed by atoms with Crippen LogP contribution in [-0.2, 0) is 23.7 Å². The Kier molecular flexibility index (Phi) is 46.5. The standard InChI is InChI=1S/C67H113NO13/c1-3-5-7-9-11-13-15-17-19-20-21-22-23-24-25-26-27-28-29-30-31-32-33-34-35-36-37-39-41-43-45-47-49-51-59(72)68-55(56(71)50-48-46-44-42-40-38-18-16-14-12-10-8-6-4-2)54-78-66-64(77)62(75)65(58(53-70)80-66)81-67-63(76)61(74)60(73)57(52-69)79-67/h5,7,11,13-14,16-17,19,21-22,24-25,27-28,40,42,48,50,55-58,60-67,69-71,73-77H,3-4,6,8-10,12,15,18,20,23,26,29-39,41,43-47,49,51-54H2,1-2H3,(H,68,72)/b7-5-,13-11-,16-14+,19-17-,22-21-,25-24-,28-27-,42-40+,50-48+. The molecule has 2 saturated heterocycles. The van der Waals surface area contributed by atoms with E-state index < -0.39 is 86.8 Å². The third-order valence-electron chi connectivity index (χ3n) is 14.7. The van der Waals surface area contributed by atoms with E-state index in [9.17, 15) is 45.6 Å². The van der Waals surface area contributed by atoms with E-state index >= 15 is 0 Å². The average molecular weight is 1140 g/mol. The molecule has 0 spiro atoms. The van der Waals surface area contributed by atoms with Gasteiger partial charge < -0.3 is 65.1 Å². The highest BCUT2D eigenvalue weighted by Gasteiger charge is 2.51. The lowest BCUT2D eigenvalue weighted by atomic mass is 9.97. The molecule has 12 atom stereocenters. The largest absolute Gasteiger partial charge is 0.394 e. The number of ether oxygens (including phenoxy) is 4. The number of unbranched alkanes of at least 4 members (excludes halogenated alkanes) is 20. The Morgan fingerprint density at radius 3 is 1.36 bits per heavy atom. The van der Waals surface area contributed by atoms with E-state index in [1.165, 1.54) is 96.3 Å². The number of rotatable bonds is 49. The molecule has 0 bridgehead atoms. The average Bonchev–Trinajstić information content (AvgIpc) is 3.47. The zero-order chi connectivity index (χ0) is 58.8. The molecule has 12 unspecified atom stereocenters. The molecule has 2 rings (SSSR count). The molecule has 0 aromatic carbocycles. The summed E-state index contributed by atoms with van der Waals surface area (Å²) in [6.45, 7) is 2.62. The molecule has 2 heterocycles. The Labute approximate surface area is 489 Å². The Bertz CT molecular complexity index is 1770. The van der Waals surface area contributed by atoms with Crippen molar-refractivity contribution in [2.24, 2.45) is 0 Å². The molecule has 2 fully saturated rings. The Morgan fingerprint density at radius 1 is 0.457 bits per heavy atom. The fourth-order valence-corrected chi connectivity index (χ4v) is 9.62. The smallest absolute Gasteiger partial charge is 0.220 e. The van der Waals surface area contributed by atoms with Crippen molar-refractivity contribution >= 4 is 5.91 Å². The summed E-state index contributed by atoms with van der Waals surface area (Å²) < 4.78 is 22.7. The number of nitrogens with one attached hydrogen (secondary N) is 1. The SMILES string of the molecule is CC/C=C\C/C=C\C/C=C\C/C=C\C/C=C\C/C=C\CCCCCCCCCCCCCCCCC(=O)NC(COC1OC(CO)C(OC2OC(CO)C(O)C(O)C2O)C(O)C1O)C(O)/C=C/CC/C=C/CC/C=C/CCCCCC. The second kappa shape index (κ2) is 51.1. The first-order valence-electron chi connectivity index (χ1n) is 31.6. The first kappa shape index (κ1) is 73.8. The van der Waals surface area contributed by atoms with Crippen LogP contribution in [0.4, 0.5) is 0 Å². The van der Waals surface area contributed by atoms with Crippen molar-refractivity contribution in [1.29, 1.82) is 0 Å². The zero-order valence-corrected chi connectivity index (χ0v) is 50.0. The van der Waals surface area contributed by atoms with Gasteiger partial charge in [0.15, 0.2) is 12.6 Å². The predicted molar refractivity (Wildman–Crippen MR) is 327 cm³/mol. The molecule has 14 heteroatoms. The molecular formula is C67H113NO13. The van der Waals surface area contributed by atoms with Crippen LogP contribution in [0.3, 0.4) is 0 Å². The molecule has 14 nitrogen and oxygen atoms in total. The molecule has 464 valence electrons. The van der Waals surface area contributed by atoms with Crippen molar-refractivity contribution in [2.75, 3.05) is 19.8 Å². The van der Waals surface area contributed by atoms with E-state index in [0.717, 1.165) is 83.5 Å². The minimum absolute atomic E-state index is 0.259. The summed E-state index contributed by atoms with van der Waals surface area (Å²) in [5, 5.41) is 87.1. The van der Waals surface area contributed by atoms with Gasteiger partial charge in [-0.3, -0.25) is 4.79 Å². The number of carbonyl (C=O) groups excluding carboxylic acids is 1. The molecule has 2 aliphatic rings. The lowest BCUT2D eigenvalue weighted by Crippen LogP contribution is -2.65. The van der Waals surface area contributed by atoms with Gasteiger partial charge in [0.1, 0.15) is 48.8 Å². The molecule has 0 radical (unpaired) electrons. The Morgan fingerprint density at radius 2 is 0.864 bits per heavy atom. The summed E-state index contributed by atoms with van der Waals surface area (Å²) in [6, 6.07) is -0.944. The summed E-state index contributed by atoms with van der Waals surface area (Å²) in [5.41, 5.74) is 0. The number of aliphatic hydroxyl groups is 8. The molecular weight excluding hydrogens is 1030 g/mol. The van der Waals surface area contributed by atoms with Crippen molar-refractivity contribution in [3.05, 3.63) is 109 Å². The minimum atomic E-state index is -1.80. The number of allylic oxidation sites excluding steroid dienone is 17. The van der Waals surface area contributed by atoms with Crippen LogP contribution in [0.5, 0.6) is 0 Å². The van der Waals surface area contributed by atoms with Gasteiger partial charge in [-0.05, 0) is 96.3 Å². The molecule has 0 aromatic heterocycles. The quantitative estimate of drug-likeness (QED) is 0.0204. The molecule has 2 aliphatic heterocycles. The van der Waals surface area contributed by atoms with Gasteiger partial charge >= 0.3 is 0 Å². The Hall–Kier alpha value is -3.35. The van der Waals surface area contributed by atoms with Crippen LogP contribution >= 0.6 is 0 Å². The lowest BCUT2D eigenvalue weighted by Gasteiger charge is -2.46. The highest BCUT2D eigenvalue weighted by Crippen LogP contribution is 2.30. The van der Waals surface area contributed by atoms with Crippen LogP contribution in [0.2, 0.25) is 0 Å². The monoisotopic (exact) mass is 1140 g/mol. The van der Waals surface area contributed by atoms with E-state index in [2.05, 4.69) is 116 Å². The van der Waals surface area contributed by atoms with Crippen molar-refractivity contribution < 1.29 is 64.6 Å². The first-order chi connectivity index (χ1) is 39.6. The van der Waals surface area contributed by atoms with E-state index in [4.69, 9.17) is 18.9 Å². The van der Waals surface area contributed by atoms with Crippen molar-refractivity contribution in [1.82, 2.24) is 5.32 Å². The van der Waals surface area contributed by atoms with Gasteiger partial charge in [0.25, 0.3) is 0 Å². The van der Waals surface area contributed by atoms with E-state index in [-0.39, 0.29) is 18.9 Å². The van der Waals surface area contributed by atoms with Crippen LogP contribution in [0.25, 0.3) is 0 Å². The van der Waals surface area contributed by atoms with Gasteiger partial charge in [0.05, 0.1) is 32.0 Å². The number of hydrogen-bond acceptors (Lipinski definition) is 13. The van der Waals surface area contributed by atoms with E-state index in [1.54, 1.807) is 6.08 Å². The second-order valence-electron chi connectivity index (χ2n) is 21.8. The second-order valence-corrected chi connectivity index (χ2v) is 21.8. The third-order valence-corrected chi connectivity index (χ3v) is 14.7. The predicted octanol–water partition coefficient (Wildman–Crippen LogP) is 11.6. The third kappa shape index (κ3) is 36.2. The maximum atomic E-state index is 13.3. The van der Waals surface area contributed by atoms with Gasteiger partial charge in [0, 0.05) is 6.42 Å². The number of hydrogen-bond donors (Lipinski definition) is 9. The van der Waals surface area contributed by atoms with Crippen LogP contribution in [-0.4, -0.2) is 140 Å². The summed E-state index contributed by atoms with van der Waals surface area (Å²) in [7, 11) is 0. The topological polar surface area (TPSA) is 228 Å². The van der Waals surface area contributed by atoms with Crippen molar-refractivity contribution in [2.45, 2.75) is 286 Å². The molecule has 0 aromatic rings. The van der Waals surface area contributed by atoms with Gasteiger partial charge in [0.2, 0.25) is 5.91 Å². The zero-order valence-electron chi connectivity index (χ0n) is 50.0. The number of amides is 1. The van der Waals surface area contributed by atoms with Gasteiger partial charge in [-0.25, -0.2) is 0 Å². The number of aliphatic hydroxyl groups excluding tert-OH is 8. The molecule has 0 saturated carbocycles. The number of carbonyl (C=O) groups is 1. The maximum Gasteiger partial charge on any atom is 0.220 e. The van der Waals surface area contributed by atoms with E-state index in [0.29, 0.717) is 12.8 Å². The lowest BCUT2D eigenvalue weighted by molar-refractivity contribution is -0.359. The normalized spacial score (nSPS) is 24.9. The molecule has 9 N–H and O–H groups in total. The van der Waals surface area contributed by atoms with Crippen LogP contribution in [0.1, 0.15) is 213 Å². The van der Waals surface area contributed by atoms with E-state index in [1.807, 2.05) is 6.08 Å². The maximum absolute atomic E-state index is 13.3. The van der Waals surface area contributed by atoms with Crippen molar-refractivity contribution in [3.8, 4) is 0 Å². The van der Waals surface area contributed by atoms with Crippen LogP contribution < -0.4 is 5.32 Å². The van der Waals surface area contributed by atoms with Crippen molar-refractivity contribution in [3.63, 3.8) is 0 Å². The molecule has 0 aliphatic carbocycles. The summed E-state index contributed by atoms with van der Waals surface area (Å²) in [5.74, 6) is -0.259. The molecule has 81 heavy (non-hydrogen) atoms. The fraction of sp³-hybridized carbons (Fsp3) is 0.716. The van der Waals surface area contributed by atoms with Gasteiger partial charge in [-0.2, -0.15) is 0 Å². The molecule has 1 amide bonds.